The number of aliphatic hydroxyl groups is 1. The number of nitrogens with zero attached hydrogens (tertiary/aromatic N) is 3. The van der Waals surface area contributed by atoms with Crippen molar-refractivity contribution in [1.29, 1.82) is 0 Å². The molecule has 1 rings (SSSR count). The molecule has 0 aliphatic heterocycles. The van der Waals surface area contributed by atoms with E-state index >= 15 is 0 Å². The third kappa shape index (κ3) is 5.30. The number of nitrogens with one attached hydrogen (secondary N) is 1. The highest BCUT2D eigenvalue weighted by Gasteiger charge is 2.05. The summed E-state index contributed by atoms with van der Waals surface area (Å²) >= 11 is 0. The smallest absolute Gasteiger partial charge is 0.323 e. The molecule has 1 atom stereocenters. The van der Waals surface area contributed by atoms with Crippen LogP contribution in [0.5, 0.6) is 6.01 Å². The van der Waals surface area contributed by atoms with Crippen LogP contribution in [-0.4, -0.2) is 39.3 Å². The van der Waals surface area contributed by atoms with Crippen LogP contribution < -0.4 is 15.8 Å². The quantitative estimate of drug-likeness (QED) is 0.635. The van der Waals surface area contributed by atoms with Crippen molar-refractivity contribution in [3.8, 4) is 6.01 Å². The van der Waals surface area contributed by atoms with Crippen LogP contribution in [0.25, 0.3) is 0 Å². The lowest BCUT2D eigenvalue weighted by Gasteiger charge is -2.08. The van der Waals surface area contributed by atoms with Gasteiger partial charge in [-0.1, -0.05) is 6.92 Å². The van der Waals surface area contributed by atoms with Crippen molar-refractivity contribution >= 4 is 11.9 Å². The van der Waals surface area contributed by atoms with E-state index in [0.717, 1.165) is 6.42 Å². The van der Waals surface area contributed by atoms with E-state index in [0.29, 0.717) is 25.5 Å². The molecule has 4 N–H and O–H groups in total. The minimum absolute atomic E-state index is 0.116. The second-order valence-corrected chi connectivity index (χ2v) is 3.71. The van der Waals surface area contributed by atoms with Gasteiger partial charge < -0.3 is 20.9 Å². The van der Waals surface area contributed by atoms with E-state index in [2.05, 4.69) is 20.3 Å². The SMILES string of the molecule is CCCOc1nc(N)nc(NCCC(C)O)n1. The summed E-state index contributed by atoms with van der Waals surface area (Å²) in [4.78, 5) is 11.8. The van der Waals surface area contributed by atoms with Crippen LogP contribution in [-0.2, 0) is 0 Å². The molecular weight excluding hydrogens is 222 g/mol. The Morgan fingerprint density at radius 1 is 1.41 bits per heavy atom. The molecule has 0 fully saturated rings. The van der Waals surface area contributed by atoms with Crippen LogP contribution in [0.1, 0.15) is 26.7 Å². The average molecular weight is 241 g/mol. The van der Waals surface area contributed by atoms with Crippen molar-refractivity contribution < 1.29 is 9.84 Å². The maximum absolute atomic E-state index is 9.11. The lowest BCUT2D eigenvalue weighted by molar-refractivity contribution is 0.188. The minimum Gasteiger partial charge on any atom is -0.463 e. The summed E-state index contributed by atoms with van der Waals surface area (Å²) in [6.45, 7) is 4.82. The van der Waals surface area contributed by atoms with Gasteiger partial charge in [0.25, 0.3) is 0 Å². The van der Waals surface area contributed by atoms with Crippen molar-refractivity contribution in [2.75, 3.05) is 24.2 Å². The molecule has 0 aliphatic carbocycles. The summed E-state index contributed by atoms with van der Waals surface area (Å²) in [5.41, 5.74) is 5.53. The first-order chi connectivity index (χ1) is 8.11. The number of rotatable bonds is 7. The number of hydrogen-bond donors (Lipinski definition) is 3. The second kappa shape index (κ2) is 6.85. The van der Waals surface area contributed by atoms with Crippen molar-refractivity contribution in [2.24, 2.45) is 0 Å². The zero-order valence-corrected chi connectivity index (χ0v) is 10.2. The second-order valence-electron chi connectivity index (χ2n) is 3.71. The van der Waals surface area contributed by atoms with Gasteiger partial charge in [0.05, 0.1) is 12.7 Å². The molecule has 0 saturated heterocycles. The molecule has 1 aromatic rings. The van der Waals surface area contributed by atoms with Gasteiger partial charge in [0, 0.05) is 6.54 Å². The molecule has 0 spiro atoms. The van der Waals surface area contributed by atoms with Crippen molar-refractivity contribution in [3.05, 3.63) is 0 Å². The van der Waals surface area contributed by atoms with Crippen molar-refractivity contribution in [1.82, 2.24) is 15.0 Å². The number of aliphatic hydroxyl groups excluding tert-OH is 1. The van der Waals surface area contributed by atoms with E-state index in [1.165, 1.54) is 0 Å². The van der Waals surface area contributed by atoms with Crippen LogP contribution >= 0.6 is 0 Å². The Hall–Kier alpha value is -1.63. The van der Waals surface area contributed by atoms with Gasteiger partial charge in [-0.05, 0) is 19.8 Å². The summed E-state index contributed by atoms with van der Waals surface area (Å²) in [6.07, 6.45) is 1.12. The molecule has 0 aromatic carbocycles. The standard InChI is InChI=1S/C10H19N5O2/c1-3-6-17-10-14-8(11)13-9(15-10)12-5-4-7(2)16/h7,16H,3-6H2,1-2H3,(H3,11,12,13,14,15). The molecule has 0 aliphatic rings. The van der Waals surface area contributed by atoms with E-state index in [4.69, 9.17) is 15.6 Å². The Kier molecular flexibility index (Phi) is 5.41. The van der Waals surface area contributed by atoms with Gasteiger partial charge in [-0.15, -0.1) is 0 Å². The van der Waals surface area contributed by atoms with E-state index in [1.807, 2.05) is 6.92 Å². The molecule has 96 valence electrons. The van der Waals surface area contributed by atoms with E-state index in [1.54, 1.807) is 6.92 Å². The highest BCUT2D eigenvalue weighted by molar-refractivity contribution is 5.32. The topological polar surface area (TPSA) is 106 Å². The molecule has 1 heterocycles. The van der Waals surface area contributed by atoms with Gasteiger partial charge in [0.1, 0.15) is 0 Å². The molecule has 7 nitrogen and oxygen atoms in total. The number of anilines is 2. The maximum atomic E-state index is 9.11. The summed E-state index contributed by atoms with van der Waals surface area (Å²) in [5, 5.41) is 12.1. The van der Waals surface area contributed by atoms with Gasteiger partial charge >= 0.3 is 6.01 Å². The van der Waals surface area contributed by atoms with E-state index in [-0.39, 0.29) is 18.1 Å². The first kappa shape index (κ1) is 13.4. The Morgan fingerprint density at radius 2 is 2.18 bits per heavy atom. The van der Waals surface area contributed by atoms with E-state index < -0.39 is 0 Å². The number of nitrogens with two attached hydrogens (primary N) is 1. The maximum Gasteiger partial charge on any atom is 0.323 e. The lowest BCUT2D eigenvalue weighted by Crippen LogP contribution is -2.13. The molecule has 0 saturated carbocycles. The number of nitrogen functional groups attached to an aromatic ring is 1. The van der Waals surface area contributed by atoms with Crippen LogP contribution in [0.3, 0.4) is 0 Å². The Labute approximate surface area is 100 Å². The molecule has 0 amide bonds. The molecule has 1 unspecified atom stereocenters. The van der Waals surface area contributed by atoms with Crippen LogP contribution in [0, 0.1) is 0 Å². The first-order valence-corrected chi connectivity index (χ1v) is 5.68. The fourth-order valence-electron chi connectivity index (χ4n) is 1.10. The first-order valence-electron chi connectivity index (χ1n) is 5.68. The predicted molar refractivity (Wildman–Crippen MR) is 64.8 cm³/mol. The molecule has 17 heavy (non-hydrogen) atoms. The van der Waals surface area contributed by atoms with Gasteiger partial charge in [0.2, 0.25) is 11.9 Å². The fourth-order valence-corrected chi connectivity index (χ4v) is 1.10. The minimum atomic E-state index is -0.363. The summed E-state index contributed by atoms with van der Waals surface area (Å²) in [6, 6.07) is 0.221. The fraction of sp³-hybridized carbons (Fsp3) is 0.700. The number of aromatic nitrogens is 3. The van der Waals surface area contributed by atoms with Crippen molar-refractivity contribution in [2.45, 2.75) is 32.8 Å². The van der Waals surface area contributed by atoms with Crippen LogP contribution in [0.2, 0.25) is 0 Å². The average Bonchev–Trinajstić information content (AvgIpc) is 2.25. The zero-order valence-electron chi connectivity index (χ0n) is 10.2. The highest BCUT2D eigenvalue weighted by atomic mass is 16.5. The van der Waals surface area contributed by atoms with Crippen LogP contribution in [0.4, 0.5) is 11.9 Å². The van der Waals surface area contributed by atoms with E-state index in [9.17, 15) is 0 Å². The largest absolute Gasteiger partial charge is 0.463 e. The number of hydrogen-bond acceptors (Lipinski definition) is 7. The van der Waals surface area contributed by atoms with Gasteiger partial charge in [-0.25, -0.2) is 0 Å². The molecular formula is C10H19N5O2. The highest BCUT2D eigenvalue weighted by Crippen LogP contribution is 2.09. The van der Waals surface area contributed by atoms with Gasteiger partial charge in [-0.2, -0.15) is 15.0 Å². The molecule has 0 radical (unpaired) electrons. The third-order valence-electron chi connectivity index (χ3n) is 1.91. The number of ether oxygens (including phenoxy) is 1. The summed E-state index contributed by atoms with van der Waals surface area (Å²) < 4.78 is 5.27. The Bertz CT molecular complexity index is 345. The van der Waals surface area contributed by atoms with Gasteiger partial charge in [0.15, 0.2) is 0 Å². The Balaban J connectivity index is 2.55. The van der Waals surface area contributed by atoms with Crippen molar-refractivity contribution in [3.63, 3.8) is 0 Å². The lowest BCUT2D eigenvalue weighted by atomic mass is 10.3. The zero-order chi connectivity index (χ0) is 12.7. The van der Waals surface area contributed by atoms with Gasteiger partial charge in [-0.3, -0.25) is 0 Å². The monoisotopic (exact) mass is 241 g/mol. The summed E-state index contributed by atoms with van der Waals surface area (Å²) in [5.74, 6) is 0.481. The Morgan fingerprint density at radius 3 is 2.82 bits per heavy atom. The predicted octanol–water partition coefficient (Wildman–Crippen LogP) is 0.425. The van der Waals surface area contributed by atoms with Crippen LogP contribution in [0.15, 0.2) is 0 Å². The third-order valence-corrected chi connectivity index (χ3v) is 1.91. The molecule has 1 aromatic heterocycles. The summed E-state index contributed by atoms with van der Waals surface area (Å²) in [7, 11) is 0. The molecule has 0 bridgehead atoms. The normalized spacial score (nSPS) is 12.2. The molecule has 7 heteroatoms.